The number of hydrogen-bond donors (Lipinski definition) is 2. The number of carbonyl (C=O) groups excluding carboxylic acids is 1. The maximum Gasteiger partial charge on any atom is 0.318 e. The van der Waals surface area contributed by atoms with Gasteiger partial charge < -0.3 is 20.3 Å². The summed E-state index contributed by atoms with van der Waals surface area (Å²) < 4.78 is 18.9. The van der Waals surface area contributed by atoms with Crippen molar-refractivity contribution in [3.63, 3.8) is 0 Å². The van der Waals surface area contributed by atoms with Crippen LogP contribution in [-0.4, -0.2) is 46.7 Å². The van der Waals surface area contributed by atoms with Gasteiger partial charge in [-0.15, -0.1) is 0 Å². The molecule has 7 nitrogen and oxygen atoms in total. The molecule has 2 aliphatic rings. The van der Waals surface area contributed by atoms with Crippen molar-refractivity contribution in [1.82, 2.24) is 20.2 Å². The lowest BCUT2D eigenvalue weighted by Crippen LogP contribution is -2.42. The summed E-state index contributed by atoms with van der Waals surface area (Å²) in [4.78, 5) is 23.2. The summed E-state index contributed by atoms with van der Waals surface area (Å²) in [6.45, 7) is 2.62. The molecular weight excluding hydrogens is 385 g/mol. The smallest absolute Gasteiger partial charge is 0.318 e. The van der Waals surface area contributed by atoms with Crippen LogP contribution in [-0.2, 0) is 24.2 Å². The lowest BCUT2D eigenvalue weighted by atomic mass is 10.1. The van der Waals surface area contributed by atoms with Gasteiger partial charge >= 0.3 is 6.03 Å². The molecule has 3 heterocycles. The van der Waals surface area contributed by atoms with E-state index in [-0.39, 0.29) is 23.6 Å². The third kappa shape index (κ3) is 4.34. The number of urea groups is 1. The molecule has 1 aromatic carbocycles. The van der Waals surface area contributed by atoms with Gasteiger partial charge in [-0.25, -0.2) is 19.2 Å². The van der Waals surface area contributed by atoms with Crippen LogP contribution in [0.5, 0.6) is 0 Å². The van der Waals surface area contributed by atoms with Crippen LogP contribution in [0.2, 0.25) is 5.02 Å². The highest BCUT2D eigenvalue weighted by atomic mass is 35.5. The number of anilines is 1. The van der Waals surface area contributed by atoms with E-state index >= 15 is 0 Å². The first-order chi connectivity index (χ1) is 13.6. The number of aromatic nitrogens is 2. The van der Waals surface area contributed by atoms with Gasteiger partial charge in [-0.05, 0) is 36.1 Å². The van der Waals surface area contributed by atoms with Crippen molar-refractivity contribution >= 4 is 23.6 Å². The molecule has 2 aromatic rings. The summed E-state index contributed by atoms with van der Waals surface area (Å²) in [6, 6.07) is 4.51. The van der Waals surface area contributed by atoms with Gasteiger partial charge in [0.05, 0.1) is 29.9 Å². The Morgan fingerprint density at radius 3 is 3.11 bits per heavy atom. The highest BCUT2D eigenvalue weighted by molar-refractivity contribution is 6.30. The number of rotatable bonds is 4. The van der Waals surface area contributed by atoms with E-state index in [1.54, 1.807) is 11.0 Å². The number of halogens is 2. The highest BCUT2D eigenvalue weighted by Crippen LogP contribution is 2.19. The Labute approximate surface area is 167 Å². The van der Waals surface area contributed by atoms with Crippen LogP contribution < -0.4 is 10.6 Å². The van der Waals surface area contributed by atoms with Crippen LogP contribution in [0, 0.1) is 5.82 Å². The zero-order valence-electron chi connectivity index (χ0n) is 15.3. The SMILES string of the molecule is O=C(NCc1ccc(Cl)c(F)c1)N1CCc2cnc(NC3CCOC3)nc2C1. The van der Waals surface area contributed by atoms with Gasteiger partial charge in [-0.2, -0.15) is 0 Å². The first-order valence-corrected chi connectivity index (χ1v) is 9.62. The molecule has 0 spiro atoms. The normalized spacial score (nSPS) is 18.6. The lowest BCUT2D eigenvalue weighted by Gasteiger charge is -2.28. The summed E-state index contributed by atoms with van der Waals surface area (Å²) in [5.74, 6) is 0.0675. The summed E-state index contributed by atoms with van der Waals surface area (Å²) in [7, 11) is 0. The molecule has 0 saturated carbocycles. The molecule has 1 aromatic heterocycles. The van der Waals surface area contributed by atoms with Gasteiger partial charge in [0.1, 0.15) is 5.82 Å². The maximum atomic E-state index is 13.5. The minimum absolute atomic E-state index is 0.0657. The molecule has 4 rings (SSSR count). The number of fused-ring (bicyclic) bond motifs is 1. The second-order valence-corrected chi connectivity index (χ2v) is 7.36. The second-order valence-electron chi connectivity index (χ2n) is 6.95. The van der Waals surface area contributed by atoms with E-state index in [1.807, 2.05) is 6.20 Å². The van der Waals surface area contributed by atoms with E-state index in [0.29, 0.717) is 37.6 Å². The van der Waals surface area contributed by atoms with Crippen LogP contribution in [0.4, 0.5) is 15.1 Å². The van der Waals surface area contributed by atoms with Crippen molar-refractivity contribution in [1.29, 1.82) is 0 Å². The van der Waals surface area contributed by atoms with Crippen molar-refractivity contribution in [2.24, 2.45) is 0 Å². The lowest BCUT2D eigenvalue weighted by molar-refractivity contribution is 0.191. The Balaban J connectivity index is 1.36. The van der Waals surface area contributed by atoms with E-state index in [0.717, 1.165) is 24.3 Å². The molecule has 2 aliphatic heterocycles. The number of nitrogens with one attached hydrogen (secondary N) is 2. The average Bonchev–Trinajstić information content (AvgIpc) is 3.21. The van der Waals surface area contributed by atoms with Crippen molar-refractivity contribution < 1.29 is 13.9 Å². The minimum atomic E-state index is -0.496. The van der Waals surface area contributed by atoms with Crippen LogP contribution in [0.3, 0.4) is 0 Å². The van der Waals surface area contributed by atoms with Crippen LogP contribution in [0.25, 0.3) is 0 Å². The number of benzene rings is 1. The van der Waals surface area contributed by atoms with Crippen molar-refractivity contribution in [2.45, 2.75) is 32.0 Å². The van der Waals surface area contributed by atoms with Crippen molar-refractivity contribution in [3.05, 3.63) is 52.1 Å². The summed E-state index contributed by atoms with van der Waals surface area (Å²) in [5.41, 5.74) is 2.55. The summed E-state index contributed by atoms with van der Waals surface area (Å²) in [6.07, 6.45) is 3.46. The molecule has 148 valence electrons. The standard InChI is InChI=1S/C19H21ClFN5O2/c20-15-2-1-12(7-16(15)21)8-23-19(27)26-5-3-13-9-22-18(25-17(13)10-26)24-14-4-6-28-11-14/h1-2,7,9,14H,3-6,8,10-11H2,(H,23,27)(H,22,24,25). The first-order valence-electron chi connectivity index (χ1n) is 9.24. The molecule has 0 bridgehead atoms. The quantitative estimate of drug-likeness (QED) is 0.817. The molecular formula is C19H21ClFN5O2. The van der Waals surface area contributed by atoms with Gasteiger partial charge in [-0.3, -0.25) is 0 Å². The zero-order valence-corrected chi connectivity index (χ0v) is 16.0. The van der Waals surface area contributed by atoms with E-state index in [1.165, 1.54) is 12.1 Å². The number of ether oxygens (including phenoxy) is 1. The predicted molar refractivity (Wildman–Crippen MR) is 103 cm³/mol. The number of hydrogen-bond acceptors (Lipinski definition) is 5. The first kappa shape index (κ1) is 18.9. The Hall–Kier alpha value is -2.45. The molecule has 2 N–H and O–H groups in total. The monoisotopic (exact) mass is 405 g/mol. The second kappa shape index (κ2) is 8.28. The number of nitrogens with zero attached hydrogens (tertiary/aromatic N) is 3. The zero-order chi connectivity index (χ0) is 19.5. The third-order valence-corrected chi connectivity index (χ3v) is 5.23. The van der Waals surface area contributed by atoms with E-state index in [4.69, 9.17) is 16.3 Å². The molecule has 1 fully saturated rings. The summed E-state index contributed by atoms with van der Waals surface area (Å²) >= 11 is 5.68. The molecule has 28 heavy (non-hydrogen) atoms. The molecule has 1 saturated heterocycles. The molecule has 1 atom stereocenters. The van der Waals surface area contributed by atoms with E-state index < -0.39 is 5.82 Å². The fourth-order valence-corrected chi connectivity index (χ4v) is 3.43. The van der Waals surface area contributed by atoms with E-state index in [9.17, 15) is 9.18 Å². The summed E-state index contributed by atoms with van der Waals surface area (Å²) in [5, 5.41) is 6.17. The van der Waals surface area contributed by atoms with Gasteiger partial charge in [0.15, 0.2) is 0 Å². The van der Waals surface area contributed by atoms with Gasteiger partial charge in [0.2, 0.25) is 5.95 Å². The Kier molecular flexibility index (Phi) is 5.59. The predicted octanol–water partition coefficient (Wildman–Crippen LogP) is 2.74. The number of carbonyl (C=O) groups is 1. The van der Waals surface area contributed by atoms with Gasteiger partial charge in [0.25, 0.3) is 0 Å². The Morgan fingerprint density at radius 1 is 1.43 bits per heavy atom. The Morgan fingerprint density at radius 2 is 2.32 bits per heavy atom. The van der Waals surface area contributed by atoms with Crippen molar-refractivity contribution in [3.8, 4) is 0 Å². The average molecular weight is 406 g/mol. The van der Waals surface area contributed by atoms with Crippen LogP contribution in [0.1, 0.15) is 23.2 Å². The maximum absolute atomic E-state index is 13.5. The number of amides is 2. The molecule has 0 radical (unpaired) electrons. The molecule has 9 heteroatoms. The van der Waals surface area contributed by atoms with Crippen molar-refractivity contribution in [2.75, 3.05) is 25.1 Å². The van der Waals surface area contributed by atoms with Gasteiger partial charge in [-0.1, -0.05) is 17.7 Å². The van der Waals surface area contributed by atoms with Crippen LogP contribution >= 0.6 is 11.6 Å². The fourth-order valence-electron chi connectivity index (χ4n) is 3.32. The largest absolute Gasteiger partial charge is 0.379 e. The van der Waals surface area contributed by atoms with E-state index in [2.05, 4.69) is 20.6 Å². The molecule has 2 amide bonds. The van der Waals surface area contributed by atoms with Gasteiger partial charge in [0, 0.05) is 25.9 Å². The molecule has 1 unspecified atom stereocenters. The fraction of sp³-hybridized carbons (Fsp3) is 0.421. The molecule has 0 aliphatic carbocycles. The third-order valence-electron chi connectivity index (χ3n) is 4.92. The highest BCUT2D eigenvalue weighted by Gasteiger charge is 2.23. The topological polar surface area (TPSA) is 79.4 Å². The minimum Gasteiger partial charge on any atom is -0.379 e. The van der Waals surface area contributed by atoms with Crippen LogP contribution in [0.15, 0.2) is 24.4 Å². The Bertz CT molecular complexity index is 875.